The Morgan fingerprint density at radius 1 is 1.10 bits per heavy atom. The molecule has 5 nitrogen and oxygen atoms in total. The molecule has 1 unspecified atom stereocenters. The van der Waals surface area contributed by atoms with E-state index in [2.05, 4.69) is 0 Å². The minimum absolute atomic E-state index is 0.0590. The molecule has 0 bridgehead atoms. The summed E-state index contributed by atoms with van der Waals surface area (Å²) < 4.78 is 0. The van der Waals surface area contributed by atoms with Crippen molar-refractivity contribution in [1.82, 2.24) is 0 Å². The Morgan fingerprint density at radius 3 is 2.38 bits per heavy atom. The van der Waals surface area contributed by atoms with E-state index < -0.39 is 17.7 Å². The number of ketones is 1. The monoisotopic (exact) mass is 413 g/mol. The van der Waals surface area contributed by atoms with Gasteiger partial charge < -0.3 is 10.2 Å². The largest absolute Gasteiger partial charge is 0.506 e. The molecule has 0 saturated carbocycles. The fourth-order valence-corrected chi connectivity index (χ4v) is 3.71. The number of hydrogen-bond acceptors (Lipinski definition) is 4. The summed E-state index contributed by atoms with van der Waals surface area (Å²) in [6, 6.07) is 9.25. The molecule has 2 N–H and O–H groups in total. The highest BCUT2D eigenvalue weighted by Crippen LogP contribution is 2.43. The fourth-order valence-electron chi connectivity index (χ4n) is 3.52. The van der Waals surface area contributed by atoms with Gasteiger partial charge in [0.1, 0.15) is 5.75 Å². The van der Waals surface area contributed by atoms with Crippen molar-refractivity contribution in [3.8, 4) is 5.75 Å². The number of aliphatic hydroxyl groups excluding tert-OH is 1. The molecule has 1 aliphatic heterocycles. The van der Waals surface area contributed by atoms with Gasteiger partial charge in [-0.15, -0.1) is 0 Å². The Balaban J connectivity index is 2.19. The van der Waals surface area contributed by atoms with Crippen LogP contribution in [0, 0.1) is 19.8 Å². The van der Waals surface area contributed by atoms with Gasteiger partial charge in [0.05, 0.1) is 16.6 Å². The number of carbonyl (C=O) groups excluding carboxylic acids is 2. The number of hydrogen-bond donors (Lipinski definition) is 2. The lowest BCUT2D eigenvalue weighted by Crippen LogP contribution is -2.31. The minimum Gasteiger partial charge on any atom is -0.506 e. The number of nitrogens with zero attached hydrogens (tertiary/aromatic N) is 1. The zero-order valence-corrected chi connectivity index (χ0v) is 17.6. The molecule has 1 aliphatic rings. The van der Waals surface area contributed by atoms with E-state index in [1.165, 1.54) is 17.0 Å². The molecule has 29 heavy (non-hydrogen) atoms. The van der Waals surface area contributed by atoms with Crippen molar-refractivity contribution >= 4 is 29.0 Å². The summed E-state index contributed by atoms with van der Waals surface area (Å²) in [5.41, 5.74) is 3.22. The number of benzene rings is 2. The van der Waals surface area contributed by atoms with E-state index in [0.717, 1.165) is 11.1 Å². The van der Waals surface area contributed by atoms with Crippen LogP contribution >= 0.6 is 11.6 Å². The third-order valence-corrected chi connectivity index (χ3v) is 5.46. The number of aromatic hydroxyl groups is 1. The van der Waals surface area contributed by atoms with Crippen LogP contribution in [0.5, 0.6) is 5.75 Å². The second kappa shape index (κ2) is 7.91. The van der Waals surface area contributed by atoms with Crippen LogP contribution in [0.25, 0.3) is 0 Å². The number of amides is 1. The molecular weight excluding hydrogens is 390 g/mol. The maximum atomic E-state index is 13.0. The summed E-state index contributed by atoms with van der Waals surface area (Å²) in [6.07, 6.45) is 0.204. The van der Waals surface area contributed by atoms with Crippen LogP contribution < -0.4 is 4.90 Å². The summed E-state index contributed by atoms with van der Waals surface area (Å²) in [7, 11) is 0. The second-order valence-electron chi connectivity index (χ2n) is 7.84. The molecule has 2 aromatic carbocycles. The normalized spacial score (nSPS) is 16.8. The molecule has 1 atom stereocenters. The van der Waals surface area contributed by atoms with Crippen molar-refractivity contribution in [3.63, 3.8) is 0 Å². The Morgan fingerprint density at radius 2 is 1.79 bits per heavy atom. The molecule has 0 spiro atoms. The van der Waals surface area contributed by atoms with Gasteiger partial charge in [-0.1, -0.05) is 37.6 Å². The van der Waals surface area contributed by atoms with Gasteiger partial charge in [-0.05, 0) is 60.7 Å². The molecule has 2 aromatic rings. The first-order valence-electron chi connectivity index (χ1n) is 9.47. The van der Waals surface area contributed by atoms with E-state index in [9.17, 15) is 19.8 Å². The number of aliphatic hydroxyl groups is 1. The van der Waals surface area contributed by atoms with Crippen LogP contribution in [0.2, 0.25) is 5.02 Å². The van der Waals surface area contributed by atoms with Gasteiger partial charge in [0, 0.05) is 12.1 Å². The van der Waals surface area contributed by atoms with E-state index in [-0.39, 0.29) is 34.5 Å². The van der Waals surface area contributed by atoms with E-state index in [1.807, 2.05) is 39.8 Å². The Labute approximate surface area is 175 Å². The molecule has 6 heteroatoms. The third kappa shape index (κ3) is 3.87. The second-order valence-corrected chi connectivity index (χ2v) is 8.25. The van der Waals surface area contributed by atoms with Crippen LogP contribution in [0.3, 0.4) is 0 Å². The first-order chi connectivity index (χ1) is 13.6. The van der Waals surface area contributed by atoms with Crippen molar-refractivity contribution in [2.45, 2.75) is 40.2 Å². The summed E-state index contributed by atoms with van der Waals surface area (Å²) in [5.74, 6) is -1.48. The number of carbonyl (C=O) groups is 2. The molecule has 0 saturated heterocycles. The van der Waals surface area contributed by atoms with Crippen molar-refractivity contribution < 1.29 is 19.8 Å². The zero-order valence-electron chi connectivity index (χ0n) is 16.9. The van der Waals surface area contributed by atoms with Crippen LogP contribution in [-0.4, -0.2) is 21.9 Å². The first kappa shape index (κ1) is 20.9. The van der Waals surface area contributed by atoms with Crippen molar-refractivity contribution in [2.24, 2.45) is 5.92 Å². The Kier molecular flexibility index (Phi) is 5.71. The maximum Gasteiger partial charge on any atom is 0.294 e. The van der Waals surface area contributed by atoms with Crippen LogP contribution in [0.1, 0.15) is 43.0 Å². The highest BCUT2D eigenvalue weighted by atomic mass is 35.5. The third-order valence-electron chi connectivity index (χ3n) is 5.16. The van der Waals surface area contributed by atoms with Gasteiger partial charge in [0.25, 0.3) is 5.91 Å². The number of aryl methyl sites for hydroxylation is 2. The summed E-state index contributed by atoms with van der Waals surface area (Å²) in [5, 5.41) is 20.5. The van der Waals surface area contributed by atoms with Gasteiger partial charge >= 0.3 is 0 Å². The molecule has 0 fully saturated rings. The Bertz CT molecular complexity index is 1030. The van der Waals surface area contributed by atoms with E-state index >= 15 is 0 Å². The van der Waals surface area contributed by atoms with Gasteiger partial charge in [0.2, 0.25) is 0 Å². The van der Waals surface area contributed by atoms with Gasteiger partial charge in [-0.3, -0.25) is 14.5 Å². The average molecular weight is 414 g/mol. The molecule has 0 aliphatic carbocycles. The van der Waals surface area contributed by atoms with Gasteiger partial charge in [0.15, 0.2) is 11.5 Å². The number of halogens is 1. The quantitative estimate of drug-likeness (QED) is 0.708. The number of rotatable bonds is 5. The summed E-state index contributed by atoms with van der Waals surface area (Å²) >= 11 is 6.10. The minimum atomic E-state index is -0.825. The highest BCUT2D eigenvalue weighted by Gasteiger charge is 2.44. The van der Waals surface area contributed by atoms with Crippen molar-refractivity contribution in [2.75, 3.05) is 4.90 Å². The van der Waals surface area contributed by atoms with E-state index in [1.54, 1.807) is 12.1 Å². The van der Waals surface area contributed by atoms with Crippen molar-refractivity contribution in [3.05, 3.63) is 69.4 Å². The molecule has 3 rings (SSSR count). The smallest absolute Gasteiger partial charge is 0.294 e. The summed E-state index contributed by atoms with van der Waals surface area (Å²) in [4.78, 5) is 27.4. The van der Waals surface area contributed by atoms with E-state index in [4.69, 9.17) is 11.6 Å². The van der Waals surface area contributed by atoms with Crippen LogP contribution in [0.15, 0.2) is 47.7 Å². The Hall–Kier alpha value is -2.79. The molecular formula is C23H24ClNO4. The topological polar surface area (TPSA) is 77.8 Å². The fraction of sp³-hybridized carbons (Fsp3) is 0.304. The van der Waals surface area contributed by atoms with Crippen LogP contribution in [-0.2, 0) is 9.59 Å². The predicted octanol–water partition coefficient (Wildman–Crippen LogP) is 5.18. The average Bonchev–Trinajstić information content (AvgIpc) is 2.91. The van der Waals surface area contributed by atoms with Crippen LogP contribution in [0.4, 0.5) is 5.69 Å². The number of Topliss-reactive ketones (excluding diaryl/α,β-unsaturated/α-hetero) is 1. The number of phenolic OH excluding ortho intramolecular Hbond substituents is 1. The maximum absolute atomic E-state index is 13.0. The SMILES string of the molecule is Cc1ccc(N2C(=O)C(O)=C(C(=O)CC(C)C)C2c2ccc(O)c(Cl)c2)cc1C. The highest BCUT2D eigenvalue weighted by molar-refractivity contribution is 6.32. The summed E-state index contributed by atoms with van der Waals surface area (Å²) in [6.45, 7) is 7.71. The zero-order chi connectivity index (χ0) is 21.5. The molecule has 0 aromatic heterocycles. The lowest BCUT2D eigenvalue weighted by atomic mass is 9.92. The van der Waals surface area contributed by atoms with Crippen molar-refractivity contribution in [1.29, 1.82) is 0 Å². The standard InChI is InChI=1S/C23H24ClNO4/c1-12(2)9-19(27)20-21(15-6-8-18(26)17(24)11-15)25(23(29)22(20)28)16-7-5-13(3)14(4)10-16/h5-8,10-12,21,26,28H,9H2,1-4H3. The molecule has 1 amide bonds. The first-order valence-corrected chi connectivity index (χ1v) is 9.85. The van der Waals surface area contributed by atoms with Gasteiger partial charge in [-0.2, -0.15) is 0 Å². The molecule has 152 valence electrons. The molecule has 0 radical (unpaired) electrons. The van der Waals surface area contributed by atoms with Gasteiger partial charge in [-0.25, -0.2) is 0 Å². The molecule has 1 heterocycles. The lowest BCUT2D eigenvalue weighted by Gasteiger charge is -2.28. The van der Waals surface area contributed by atoms with E-state index in [0.29, 0.717) is 11.3 Å². The lowest BCUT2D eigenvalue weighted by molar-refractivity contribution is -0.118. The number of phenols is 1. The predicted molar refractivity (Wildman–Crippen MR) is 113 cm³/mol. The number of anilines is 1.